The van der Waals surface area contributed by atoms with Crippen molar-refractivity contribution < 1.29 is 9.90 Å². The van der Waals surface area contributed by atoms with Crippen molar-refractivity contribution >= 4 is 11.8 Å². The maximum absolute atomic E-state index is 11.7. The molecule has 0 atom stereocenters. The molecule has 112 valence electrons. The van der Waals surface area contributed by atoms with Gasteiger partial charge in [-0.15, -0.1) is 5.10 Å². The second kappa shape index (κ2) is 7.22. The highest BCUT2D eigenvalue weighted by molar-refractivity contribution is 5.95. The average Bonchev–Trinajstić information content (AvgIpc) is 2.46. The molecule has 1 aromatic rings. The van der Waals surface area contributed by atoms with Gasteiger partial charge in [-0.1, -0.05) is 27.7 Å². The third kappa shape index (κ3) is 3.08. The molecule has 0 saturated carbocycles. The first kappa shape index (κ1) is 16.4. The minimum Gasteiger partial charge on any atom is -0.478 e. The van der Waals surface area contributed by atoms with Gasteiger partial charge in [0.15, 0.2) is 5.82 Å². The van der Waals surface area contributed by atoms with Crippen molar-refractivity contribution in [3.05, 3.63) is 16.8 Å². The van der Waals surface area contributed by atoms with Gasteiger partial charge in [-0.25, -0.2) is 4.79 Å². The van der Waals surface area contributed by atoms with Crippen LogP contribution in [-0.4, -0.2) is 34.4 Å². The number of aryl methyl sites for hydroxylation is 1. The van der Waals surface area contributed by atoms with Crippen LogP contribution in [0.2, 0.25) is 0 Å². The molecule has 20 heavy (non-hydrogen) atoms. The minimum absolute atomic E-state index is 0.277. The third-order valence-corrected chi connectivity index (χ3v) is 3.87. The smallest absolute Gasteiger partial charge is 0.339 e. The zero-order valence-electron chi connectivity index (χ0n) is 13.1. The zero-order valence-corrected chi connectivity index (χ0v) is 13.1. The normalized spacial score (nSPS) is 10.9. The molecule has 0 bridgehead atoms. The van der Waals surface area contributed by atoms with E-state index >= 15 is 0 Å². The molecule has 0 amide bonds. The van der Waals surface area contributed by atoms with E-state index in [0.717, 1.165) is 24.1 Å². The van der Waals surface area contributed by atoms with Gasteiger partial charge in [0.2, 0.25) is 0 Å². The van der Waals surface area contributed by atoms with Crippen molar-refractivity contribution in [3.63, 3.8) is 0 Å². The van der Waals surface area contributed by atoms with E-state index < -0.39 is 5.97 Å². The summed E-state index contributed by atoms with van der Waals surface area (Å²) < 4.78 is 0. The van der Waals surface area contributed by atoms with E-state index in [-0.39, 0.29) is 6.04 Å². The lowest BCUT2D eigenvalue weighted by Crippen LogP contribution is -2.33. The van der Waals surface area contributed by atoms with Gasteiger partial charge >= 0.3 is 5.97 Å². The van der Waals surface area contributed by atoms with Crippen LogP contribution in [0.4, 0.5) is 5.82 Å². The van der Waals surface area contributed by atoms with Crippen molar-refractivity contribution in [2.75, 3.05) is 11.9 Å². The lowest BCUT2D eigenvalue weighted by molar-refractivity contribution is 0.0695. The summed E-state index contributed by atoms with van der Waals surface area (Å²) >= 11 is 0. The molecular formula is C15H25N3O2. The van der Waals surface area contributed by atoms with Gasteiger partial charge in [0, 0.05) is 13.1 Å². The third-order valence-electron chi connectivity index (χ3n) is 3.87. The SMILES string of the molecule is CCc1nnc(N(C)C(CC)CC)c(C(=O)O)c1CC. The Morgan fingerprint density at radius 1 is 1.15 bits per heavy atom. The molecule has 0 spiro atoms. The quantitative estimate of drug-likeness (QED) is 0.831. The van der Waals surface area contributed by atoms with Crippen molar-refractivity contribution in [3.8, 4) is 0 Å². The molecule has 0 aliphatic carbocycles. The predicted molar refractivity (Wildman–Crippen MR) is 80.5 cm³/mol. The molecular weight excluding hydrogens is 254 g/mol. The van der Waals surface area contributed by atoms with Crippen molar-refractivity contribution in [1.82, 2.24) is 10.2 Å². The van der Waals surface area contributed by atoms with E-state index in [1.54, 1.807) is 0 Å². The summed E-state index contributed by atoms with van der Waals surface area (Å²) in [6, 6.07) is 0.277. The first-order valence-corrected chi connectivity index (χ1v) is 7.36. The molecule has 1 N–H and O–H groups in total. The van der Waals surface area contributed by atoms with Crippen LogP contribution in [0.25, 0.3) is 0 Å². The molecule has 0 radical (unpaired) electrons. The lowest BCUT2D eigenvalue weighted by atomic mass is 10.0. The Hall–Kier alpha value is -1.65. The van der Waals surface area contributed by atoms with Crippen LogP contribution in [0, 0.1) is 0 Å². The zero-order chi connectivity index (χ0) is 15.3. The summed E-state index contributed by atoms with van der Waals surface area (Å²) in [6.45, 7) is 8.13. The molecule has 1 heterocycles. The van der Waals surface area contributed by atoms with Gasteiger partial charge < -0.3 is 10.0 Å². The number of anilines is 1. The van der Waals surface area contributed by atoms with Gasteiger partial charge in [-0.2, -0.15) is 5.10 Å². The summed E-state index contributed by atoms with van der Waals surface area (Å²) in [6.07, 6.45) is 3.25. The van der Waals surface area contributed by atoms with E-state index in [1.807, 2.05) is 25.8 Å². The molecule has 0 unspecified atom stereocenters. The van der Waals surface area contributed by atoms with Gasteiger partial charge in [-0.05, 0) is 31.2 Å². The van der Waals surface area contributed by atoms with Crippen LogP contribution in [0.15, 0.2) is 0 Å². The summed E-state index contributed by atoms with van der Waals surface area (Å²) in [4.78, 5) is 13.6. The van der Waals surface area contributed by atoms with Crippen molar-refractivity contribution in [2.45, 2.75) is 59.4 Å². The number of hydrogen-bond acceptors (Lipinski definition) is 4. The Morgan fingerprint density at radius 3 is 2.15 bits per heavy atom. The van der Waals surface area contributed by atoms with Crippen LogP contribution >= 0.6 is 0 Å². The first-order valence-electron chi connectivity index (χ1n) is 7.36. The van der Waals surface area contributed by atoms with Crippen molar-refractivity contribution in [2.24, 2.45) is 0 Å². The molecule has 0 aliphatic heterocycles. The fourth-order valence-corrected chi connectivity index (χ4v) is 2.64. The monoisotopic (exact) mass is 279 g/mol. The number of aromatic carboxylic acids is 1. The average molecular weight is 279 g/mol. The largest absolute Gasteiger partial charge is 0.478 e. The predicted octanol–water partition coefficient (Wildman–Crippen LogP) is 2.92. The van der Waals surface area contributed by atoms with E-state index in [4.69, 9.17) is 0 Å². The maximum Gasteiger partial charge on any atom is 0.339 e. The number of hydrogen-bond donors (Lipinski definition) is 1. The Balaban J connectivity index is 3.43. The second-order valence-corrected chi connectivity index (χ2v) is 4.92. The van der Waals surface area contributed by atoms with E-state index in [1.165, 1.54) is 0 Å². The van der Waals surface area contributed by atoms with Crippen LogP contribution < -0.4 is 4.90 Å². The van der Waals surface area contributed by atoms with Gasteiger partial charge in [0.05, 0.1) is 5.69 Å². The Labute approximate surface area is 121 Å². The summed E-state index contributed by atoms with van der Waals surface area (Å²) in [5.41, 5.74) is 1.91. The molecule has 1 rings (SSSR count). The molecule has 1 aromatic heterocycles. The summed E-state index contributed by atoms with van der Waals surface area (Å²) in [7, 11) is 1.90. The summed E-state index contributed by atoms with van der Waals surface area (Å²) in [5.74, 6) is -0.431. The molecule has 0 fully saturated rings. The van der Waals surface area contributed by atoms with E-state index in [2.05, 4.69) is 24.0 Å². The number of carboxylic acids is 1. The standard InChI is InChI=1S/C15H25N3O2/c1-6-10(7-2)18(5)14-13(15(19)20)11(8-3)12(9-4)16-17-14/h10H,6-9H2,1-5H3,(H,19,20). The highest BCUT2D eigenvalue weighted by Gasteiger charge is 2.25. The molecule has 5 nitrogen and oxygen atoms in total. The number of nitrogens with zero attached hydrogens (tertiary/aromatic N) is 3. The fourth-order valence-electron chi connectivity index (χ4n) is 2.64. The lowest BCUT2D eigenvalue weighted by Gasteiger charge is -2.28. The van der Waals surface area contributed by atoms with Crippen molar-refractivity contribution in [1.29, 1.82) is 0 Å². The topological polar surface area (TPSA) is 66.3 Å². The molecule has 0 aliphatic rings. The van der Waals surface area contributed by atoms with Crippen LogP contribution in [0.1, 0.15) is 62.2 Å². The number of carbonyl (C=O) groups is 1. The molecule has 0 aromatic carbocycles. The number of carboxylic acid groups (broad SMARTS) is 1. The Morgan fingerprint density at radius 2 is 1.75 bits per heavy atom. The molecule has 5 heteroatoms. The fraction of sp³-hybridized carbons (Fsp3) is 0.667. The molecule has 0 saturated heterocycles. The van der Waals surface area contributed by atoms with E-state index in [0.29, 0.717) is 24.2 Å². The second-order valence-electron chi connectivity index (χ2n) is 4.92. The van der Waals surface area contributed by atoms with Crippen LogP contribution in [-0.2, 0) is 12.8 Å². The summed E-state index contributed by atoms with van der Waals surface area (Å²) in [5, 5.41) is 18.0. The Kier molecular flexibility index (Phi) is 5.92. The van der Waals surface area contributed by atoms with Gasteiger partial charge in [0.25, 0.3) is 0 Å². The number of rotatable bonds is 7. The maximum atomic E-state index is 11.7. The first-order chi connectivity index (χ1) is 9.51. The van der Waals surface area contributed by atoms with Crippen LogP contribution in [0.3, 0.4) is 0 Å². The van der Waals surface area contributed by atoms with Gasteiger partial charge in [0.1, 0.15) is 5.56 Å². The van der Waals surface area contributed by atoms with Crippen LogP contribution in [0.5, 0.6) is 0 Å². The Bertz CT molecular complexity index is 470. The minimum atomic E-state index is -0.917. The van der Waals surface area contributed by atoms with Gasteiger partial charge in [-0.3, -0.25) is 0 Å². The van der Waals surface area contributed by atoms with E-state index in [9.17, 15) is 9.90 Å². The highest BCUT2D eigenvalue weighted by Crippen LogP contribution is 2.26. The highest BCUT2D eigenvalue weighted by atomic mass is 16.4. The number of aromatic nitrogens is 2.